The lowest BCUT2D eigenvalue weighted by atomic mass is 10.0. The van der Waals surface area contributed by atoms with Crippen LogP contribution in [0.2, 0.25) is 0 Å². The van der Waals surface area contributed by atoms with Crippen molar-refractivity contribution in [2.24, 2.45) is 22.4 Å². The Morgan fingerprint density at radius 3 is 2.43 bits per heavy atom. The van der Waals surface area contributed by atoms with Crippen molar-refractivity contribution in [2.45, 2.75) is 58.3 Å². The van der Waals surface area contributed by atoms with Crippen LogP contribution in [0, 0.1) is 5.92 Å². The first kappa shape index (κ1) is 19.2. The number of nitrogens with two attached hydrogens (primary N) is 2. The van der Waals surface area contributed by atoms with E-state index in [9.17, 15) is 9.59 Å². The molecule has 2 amide bonds. The highest BCUT2D eigenvalue weighted by molar-refractivity contribution is 5.90. The summed E-state index contributed by atoms with van der Waals surface area (Å²) in [6.45, 7) is 6.93. The molecule has 0 unspecified atom stereocenters. The van der Waals surface area contributed by atoms with Gasteiger partial charge in [0.15, 0.2) is 12.1 Å². The van der Waals surface area contributed by atoms with Crippen molar-refractivity contribution < 1.29 is 14.3 Å². The average molecular weight is 327 g/mol. The van der Waals surface area contributed by atoms with E-state index in [0.29, 0.717) is 25.4 Å². The Morgan fingerprint density at radius 1 is 1.26 bits per heavy atom. The molecule has 0 bridgehead atoms. The summed E-state index contributed by atoms with van der Waals surface area (Å²) >= 11 is 0. The van der Waals surface area contributed by atoms with Crippen LogP contribution in [-0.2, 0) is 14.3 Å². The highest BCUT2D eigenvalue weighted by atomic mass is 16.6. The van der Waals surface area contributed by atoms with Gasteiger partial charge in [0.1, 0.15) is 6.04 Å². The zero-order valence-electron chi connectivity index (χ0n) is 14.2. The molecule has 0 aromatic carbocycles. The molecule has 0 radical (unpaired) electrons. The van der Waals surface area contributed by atoms with Crippen molar-refractivity contribution >= 4 is 17.8 Å². The second-order valence-electron chi connectivity index (χ2n) is 6.26. The standard InChI is InChI=1S/C15H29N5O3/c1-9(2)8-11(20-14(22)12-10(3)23-12)13(21)18-6-4-5-7-19-15(16)17/h9-12H,4-8H2,1-3H3,(H,18,21)(H,20,22)(H4,16,17,19)/t10-,11+,12+/m1/s1. The Balaban J connectivity index is 2.33. The number of hydrogen-bond acceptors (Lipinski definition) is 4. The van der Waals surface area contributed by atoms with Crippen LogP contribution >= 0.6 is 0 Å². The number of unbranched alkanes of at least 4 members (excludes halogenated alkanes) is 1. The third-order valence-electron chi connectivity index (χ3n) is 3.49. The fourth-order valence-electron chi connectivity index (χ4n) is 2.20. The number of epoxide rings is 1. The van der Waals surface area contributed by atoms with E-state index in [-0.39, 0.29) is 23.9 Å². The lowest BCUT2D eigenvalue weighted by molar-refractivity contribution is -0.130. The van der Waals surface area contributed by atoms with Crippen LogP contribution in [0.1, 0.15) is 40.0 Å². The summed E-state index contributed by atoms with van der Waals surface area (Å²) in [5, 5.41) is 5.62. The SMILES string of the molecule is CC(C)C[C@H](NC(=O)[C@H]1O[C@@H]1C)C(=O)NCCCCN=C(N)N. The second kappa shape index (κ2) is 9.34. The lowest BCUT2D eigenvalue weighted by Crippen LogP contribution is -2.49. The monoisotopic (exact) mass is 327 g/mol. The van der Waals surface area contributed by atoms with Crippen molar-refractivity contribution in [3.8, 4) is 0 Å². The predicted molar refractivity (Wildman–Crippen MR) is 88.6 cm³/mol. The van der Waals surface area contributed by atoms with Crippen LogP contribution in [0.3, 0.4) is 0 Å². The van der Waals surface area contributed by atoms with Crippen LogP contribution in [0.25, 0.3) is 0 Å². The topological polar surface area (TPSA) is 135 Å². The van der Waals surface area contributed by atoms with Crippen molar-refractivity contribution in [1.82, 2.24) is 10.6 Å². The molecule has 0 aromatic heterocycles. The van der Waals surface area contributed by atoms with Gasteiger partial charge >= 0.3 is 0 Å². The van der Waals surface area contributed by atoms with Crippen LogP contribution in [0.4, 0.5) is 0 Å². The number of carbonyl (C=O) groups excluding carboxylic acids is 2. The molecule has 8 heteroatoms. The van der Waals surface area contributed by atoms with E-state index in [1.165, 1.54) is 0 Å². The summed E-state index contributed by atoms with van der Waals surface area (Å²) in [7, 11) is 0. The quantitative estimate of drug-likeness (QED) is 0.185. The van der Waals surface area contributed by atoms with Gasteiger partial charge in [0, 0.05) is 13.1 Å². The summed E-state index contributed by atoms with van der Waals surface area (Å²) < 4.78 is 5.13. The third kappa shape index (κ3) is 7.83. The number of guanidine groups is 1. The number of nitrogens with zero attached hydrogens (tertiary/aromatic N) is 1. The minimum atomic E-state index is -0.531. The Hall–Kier alpha value is -1.83. The highest BCUT2D eigenvalue weighted by Gasteiger charge is 2.42. The molecule has 0 aliphatic carbocycles. The first-order valence-electron chi connectivity index (χ1n) is 8.10. The summed E-state index contributed by atoms with van der Waals surface area (Å²) in [4.78, 5) is 28.1. The largest absolute Gasteiger partial charge is 0.370 e. The Labute approximate surface area is 137 Å². The summed E-state index contributed by atoms with van der Waals surface area (Å²) in [6, 6.07) is -0.531. The molecule has 0 aromatic rings. The molecule has 8 nitrogen and oxygen atoms in total. The van der Waals surface area contributed by atoms with Crippen LogP contribution in [-0.4, -0.2) is 49.1 Å². The first-order valence-corrected chi connectivity index (χ1v) is 8.10. The molecule has 0 saturated carbocycles. The zero-order chi connectivity index (χ0) is 17.4. The Morgan fingerprint density at radius 2 is 1.91 bits per heavy atom. The van der Waals surface area contributed by atoms with E-state index in [1.54, 1.807) is 0 Å². The van der Waals surface area contributed by atoms with Crippen molar-refractivity contribution in [1.29, 1.82) is 0 Å². The molecular weight excluding hydrogens is 298 g/mol. The molecule has 23 heavy (non-hydrogen) atoms. The van der Waals surface area contributed by atoms with E-state index in [4.69, 9.17) is 16.2 Å². The van der Waals surface area contributed by atoms with Crippen LogP contribution in [0.5, 0.6) is 0 Å². The molecule has 6 N–H and O–H groups in total. The van der Waals surface area contributed by atoms with Crippen LogP contribution < -0.4 is 22.1 Å². The molecule has 1 fully saturated rings. The van der Waals surface area contributed by atoms with Gasteiger partial charge < -0.3 is 26.8 Å². The molecule has 1 heterocycles. The molecule has 1 aliphatic rings. The van der Waals surface area contributed by atoms with Gasteiger partial charge in [-0.1, -0.05) is 13.8 Å². The molecule has 1 aliphatic heterocycles. The number of ether oxygens (including phenoxy) is 1. The third-order valence-corrected chi connectivity index (χ3v) is 3.49. The van der Waals surface area contributed by atoms with Crippen molar-refractivity contribution in [3.63, 3.8) is 0 Å². The van der Waals surface area contributed by atoms with Gasteiger partial charge in [-0.25, -0.2) is 0 Å². The summed E-state index contributed by atoms with van der Waals surface area (Å²) in [6.07, 6.45) is 1.66. The number of hydrogen-bond donors (Lipinski definition) is 4. The number of rotatable bonds is 10. The van der Waals surface area contributed by atoms with Crippen LogP contribution in [0.15, 0.2) is 4.99 Å². The van der Waals surface area contributed by atoms with Gasteiger partial charge in [-0.3, -0.25) is 14.6 Å². The molecule has 0 spiro atoms. The highest BCUT2D eigenvalue weighted by Crippen LogP contribution is 2.21. The number of carbonyl (C=O) groups is 2. The number of amides is 2. The van der Waals surface area contributed by atoms with Gasteiger partial charge in [-0.2, -0.15) is 0 Å². The Kier molecular flexibility index (Phi) is 7.80. The average Bonchev–Trinajstić information content (AvgIpc) is 3.18. The second-order valence-corrected chi connectivity index (χ2v) is 6.26. The molecule has 1 saturated heterocycles. The van der Waals surface area contributed by atoms with Gasteiger partial charge in [0.2, 0.25) is 5.91 Å². The van der Waals surface area contributed by atoms with Crippen molar-refractivity contribution in [2.75, 3.05) is 13.1 Å². The lowest BCUT2D eigenvalue weighted by Gasteiger charge is -2.19. The van der Waals surface area contributed by atoms with E-state index < -0.39 is 12.1 Å². The fourth-order valence-corrected chi connectivity index (χ4v) is 2.20. The molecule has 3 atom stereocenters. The van der Waals surface area contributed by atoms with Gasteiger partial charge in [0.05, 0.1) is 6.10 Å². The first-order chi connectivity index (χ1) is 10.8. The van der Waals surface area contributed by atoms with E-state index in [0.717, 1.165) is 12.8 Å². The molecule has 1 rings (SSSR count). The number of aliphatic imine (C=N–C) groups is 1. The maximum Gasteiger partial charge on any atom is 0.252 e. The van der Waals surface area contributed by atoms with Gasteiger partial charge in [-0.15, -0.1) is 0 Å². The van der Waals surface area contributed by atoms with E-state index in [1.807, 2.05) is 20.8 Å². The Bertz CT molecular complexity index is 435. The molecular formula is C15H29N5O3. The maximum absolute atomic E-state index is 12.2. The minimum absolute atomic E-state index is 0.0618. The summed E-state index contributed by atoms with van der Waals surface area (Å²) in [5.74, 6) is -0.0102. The van der Waals surface area contributed by atoms with Crippen molar-refractivity contribution in [3.05, 3.63) is 0 Å². The maximum atomic E-state index is 12.2. The van der Waals surface area contributed by atoms with Gasteiger partial charge in [0.25, 0.3) is 5.91 Å². The normalized spacial score (nSPS) is 20.7. The minimum Gasteiger partial charge on any atom is -0.370 e. The smallest absolute Gasteiger partial charge is 0.252 e. The zero-order valence-corrected chi connectivity index (χ0v) is 14.2. The van der Waals surface area contributed by atoms with E-state index >= 15 is 0 Å². The van der Waals surface area contributed by atoms with Gasteiger partial charge in [-0.05, 0) is 32.1 Å². The summed E-state index contributed by atoms with van der Waals surface area (Å²) in [5.41, 5.74) is 10.5. The molecule has 132 valence electrons. The number of nitrogens with one attached hydrogen (secondary N) is 2. The van der Waals surface area contributed by atoms with E-state index in [2.05, 4.69) is 15.6 Å². The predicted octanol–water partition coefficient (Wildman–Crippen LogP) is -0.526. The fraction of sp³-hybridized carbons (Fsp3) is 0.800.